The van der Waals surface area contributed by atoms with Crippen molar-refractivity contribution >= 4 is 5.91 Å². The van der Waals surface area contributed by atoms with E-state index in [-0.39, 0.29) is 29.9 Å². The van der Waals surface area contributed by atoms with Crippen molar-refractivity contribution in [1.29, 1.82) is 0 Å². The molecule has 0 heterocycles. The van der Waals surface area contributed by atoms with Crippen LogP contribution in [-0.4, -0.2) is 29.7 Å². The molecule has 0 bridgehead atoms. The first-order chi connectivity index (χ1) is 7.66. The Morgan fingerprint density at radius 1 is 1.31 bits per heavy atom. The highest BCUT2D eigenvalue weighted by Gasteiger charge is 2.30. The summed E-state index contributed by atoms with van der Waals surface area (Å²) in [5.41, 5.74) is 5.78. The van der Waals surface area contributed by atoms with Crippen molar-refractivity contribution in [1.82, 2.24) is 5.32 Å². The SMILES string of the molecule is NC1CCC(C(=O)NCC2CCCC2O)C1. The number of carbonyl (C=O) groups is 1. The van der Waals surface area contributed by atoms with Crippen molar-refractivity contribution in [2.45, 2.75) is 50.7 Å². The van der Waals surface area contributed by atoms with Crippen molar-refractivity contribution in [3.8, 4) is 0 Å². The molecule has 4 atom stereocenters. The quantitative estimate of drug-likeness (QED) is 0.651. The second-order valence-electron chi connectivity index (χ2n) is 5.27. The van der Waals surface area contributed by atoms with E-state index in [1.165, 1.54) is 0 Å². The largest absolute Gasteiger partial charge is 0.393 e. The molecule has 0 spiro atoms. The highest BCUT2D eigenvalue weighted by atomic mass is 16.3. The molecule has 0 aromatic heterocycles. The van der Waals surface area contributed by atoms with Crippen molar-refractivity contribution in [3.05, 3.63) is 0 Å². The highest BCUT2D eigenvalue weighted by molar-refractivity contribution is 5.79. The maximum atomic E-state index is 11.8. The molecule has 2 aliphatic carbocycles. The van der Waals surface area contributed by atoms with E-state index in [1.54, 1.807) is 0 Å². The van der Waals surface area contributed by atoms with Crippen molar-refractivity contribution < 1.29 is 9.90 Å². The van der Waals surface area contributed by atoms with Crippen LogP contribution in [0.15, 0.2) is 0 Å². The number of hydrogen-bond donors (Lipinski definition) is 3. The standard InChI is InChI=1S/C12H22N2O2/c13-10-5-4-8(6-10)12(16)14-7-9-2-1-3-11(9)15/h8-11,15H,1-7,13H2,(H,14,16). The van der Waals surface area contributed by atoms with E-state index in [0.717, 1.165) is 38.5 Å². The Labute approximate surface area is 96.6 Å². The van der Waals surface area contributed by atoms with Gasteiger partial charge in [-0.25, -0.2) is 0 Å². The summed E-state index contributed by atoms with van der Waals surface area (Å²) in [5.74, 6) is 0.500. The number of nitrogens with two attached hydrogens (primary N) is 1. The van der Waals surface area contributed by atoms with Crippen LogP contribution in [0.1, 0.15) is 38.5 Å². The van der Waals surface area contributed by atoms with E-state index in [4.69, 9.17) is 5.73 Å². The number of hydrogen-bond acceptors (Lipinski definition) is 3. The Morgan fingerprint density at radius 2 is 2.12 bits per heavy atom. The fourth-order valence-corrected chi connectivity index (χ4v) is 2.89. The molecule has 0 aromatic carbocycles. The van der Waals surface area contributed by atoms with Crippen LogP contribution in [0.2, 0.25) is 0 Å². The van der Waals surface area contributed by atoms with Gasteiger partial charge in [-0.15, -0.1) is 0 Å². The molecule has 16 heavy (non-hydrogen) atoms. The topological polar surface area (TPSA) is 75.4 Å². The number of carbonyl (C=O) groups excluding carboxylic acids is 1. The second-order valence-corrected chi connectivity index (χ2v) is 5.27. The van der Waals surface area contributed by atoms with Gasteiger partial charge in [0.15, 0.2) is 0 Å². The molecule has 1 amide bonds. The Bertz CT molecular complexity index is 257. The molecule has 4 heteroatoms. The minimum Gasteiger partial charge on any atom is -0.393 e. The van der Waals surface area contributed by atoms with Gasteiger partial charge in [-0.3, -0.25) is 4.79 Å². The zero-order chi connectivity index (χ0) is 11.5. The molecular weight excluding hydrogens is 204 g/mol. The second kappa shape index (κ2) is 5.15. The van der Waals surface area contributed by atoms with Gasteiger partial charge < -0.3 is 16.2 Å². The predicted octanol–water partition coefficient (Wildman–Crippen LogP) is 0.391. The lowest BCUT2D eigenvalue weighted by atomic mass is 10.0. The van der Waals surface area contributed by atoms with Gasteiger partial charge in [0, 0.05) is 24.4 Å². The Morgan fingerprint density at radius 3 is 2.69 bits per heavy atom. The molecule has 92 valence electrons. The van der Waals surface area contributed by atoms with Crippen LogP contribution < -0.4 is 11.1 Å². The predicted molar refractivity (Wildman–Crippen MR) is 61.7 cm³/mol. The summed E-state index contributed by atoms with van der Waals surface area (Å²) in [6, 6.07) is 0.202. The molecule has 4 N–H and O–H groups in total. The van der Waals surface area contributed by atoms with Gasteiger partial charge in [0.1, 0.15) is 0 Å². The molecule has 4 unspecified atom stereocenters. The Kier molecular flexibility index (Phi) is 3.82. The summed E-state index contributed by atoms with van der Waals surface area (Å²) in [7, 11) is 0. The molecular formula is C12H22N2O2. The lowest BCUT2D eigenvalue weighted by Gasteiger charge is -2.17. The molecule has 2 saturated carbocycles. The number of amides is 1. The lowest BCUT2D eigenvalue weighted by molar-refractivity contribution is -0.125. The van der Waals surface area contributed by atoms with E-state index in [2.05, 4.69) is 5.32 Å². The van der Waals surface area contributed by atoms with Crippen LogP contribution in [0.5, 0.6) is 0 Å². The van der Waals surface area contributed by atoms with Gasteiger partial charge in [0.05, 0.1) is 6.10 Å². The summed E-state index contributed by atoms with van der Waals surface area (Å²) in [6.45, 7) is 0.631. The van der Waals surface area contributed by atoms with E-state index >= 15 is 0 Å². The number of aliphatic hydroxyl groups is 1. The van der Waals surface area contributed by atoms with Gasteiger partial charge in [-0.05, 0) is 32.1 Å². The van der Waals surface area contributed by atoms with Crippen molar-refractivity contribution in [2.75, 3.05) is 6.54 Å². The summed E-state index contributed by atoms with van der Waals surface area (Å²) in [5, 5.41) is 12.6. The van der Waals surface area contributed by atoms with Crippen LogP contribution in [0.25, 0.3) is 0 Å². The normalized spacial score (nSPS) is 38.9. The summed E-state index contributed by atoms with van der Waals surface area (Å²) >= 11 is 0. The van der Waals surface area contributed by atoms with Crippen LogP contribution in [0, 0.1) is 11.8 Å². The zero-order valence-corrected chi connectivity index (χ0v) is 9.69. The van der Waals surface area contributed by atoms with E-state index in [1.807, 2.05) is 0 Å². The maximum Gasteiger partial charge on any atom is 0.223 e. The molecule has 0 aliphatic heterocycles. The van der Waals surface area contributed by atoms with Gasteiger partial charge in [0.2, 0.25) is 5.91 Å². The van der Waals surface area contributed by atoms with Gasteiger partial charge in [0.25, 0.3) is 0 Å². The average molecular weight is 226 g/mol. The summed E-state index contributed by atoms with van der Waals surface area (Å²) in [4.78, 5) is 11.8. The lowest BCUT2D eigenvalue weighted by Crippen LogP contribution is -2.36. The van der Waals surface area contributed by atoms with E-state index in [9.17, 15) is 9.90 Å². The maximum absolute atomic E-state index is 11.8. The molecule has 0 aromatic rings. The molecule has 2 aliphatic rings. The molecule has 2 rings (SSSR count). The minimum absolute atomic E-state index is 0.105. The van der Waals surface area contributed by atoms with Crippen molar-refractivity contribution in [2.24, 2.45) is 17.6 Å². The fraction of sp³-hybridized carbons (Fsp3) is 0.917. The first-order valence-electron chi connectivity index (χ1n) is 6.38. The fourth-order valence-electron chi connectivity index (χ4n) is 2.89. The van der Waals surface area contributed by atoms with Crippen LogP contribution in [-0.2, 0) is 4.79 Å². The first kappa shape index (κ1) is 11.9. The zero-order valence-electron chi connectivity index (χ0n) is 9.69. The molecule has 0 saturated heterocycles. The number of aliphatic hydroxyl groups excluding tert-OH is 1. The minimum atomic E-state index is -0.217. The monoisotopic (exact) mass is 226 g/mol. The highest BCUT2D eigenvalue weighted by Crippen LogP contribution is 2.26. The molecule has 0 radical (unpaired) electrons. The summed E-state index contributed by atoms with van der Waals surface area (Å²) in [6.07, 6.45) is 5.48. The van der Waals surface area contributed by atoms with Crippen molar-refractivity contribution in [3.63, 3.8) is 0 Å². The third-order valence-corrected chi connectivity index (χ3v) is 4.00. The first-order valence-corrected chi connectivity index (χ1v) is 6.38. The van der Waals surface area contributed by atoms with Gasteiger partial charge in [-0.1, -0.05) is 6.42 Å². The average Bonchev–Trinajstić information content (AvgIpc) is 2.84. The van der Waals surface area contributed by atoms with Gasteiger partial charge in [-0.2, -0.15) is 0 Å². The third kappa shape index (κ3) is 2.74. The number of nitrogens with one attached hydrogen (secondary N) is 1. The Balaban J connectivity index is 1.71. The summed E-state index contributed by atoms with van der Waals surface area (Å²) < 4.78 is 0. The third-order valence-electron chi connectivity index (χ3n) is 4.00. The van der Waals surface area contributed by atoms with Gasteiger partial charge >= 0.3 is 0 Å². The molecule has 4 nitrogen and oxygen atoms in total. The number of rotatable bonds is 3. The van der Waals surface area contributed by atoms with Crippen LogP contribution in [0.3, 0.4) is 0 Å². The van der Waals surface area contributed by atoms with E-state index < -0.39 is 0 Å². The van der Waals surface area contributed by atoms with E-state index in [0.29, 0.717) is 6.54 Å². The molecule has 2 fully saturated rings. The Hall–Kier alpha value is -0.610. The van der Waals surface area contributed by atoms with Crippen LogP contribution in [0.4, 0.5) is 0 Å². The van der Waals surface area contributed by atoms with Crippen LogP contribution >= 0.6 is 0 Å². The smallest absolute Gasteiger partial charge is 0.223 e.